The van der Waals surface area contributed by atoms with Crippen LogP contribution >= 0.6 is 0 Å². The second kappa shape index (κ2) is 7.49. The van der Waals surface area contributed by atoms with Gasteiger partial charge in [0.05, 0.1) is 31.3 Å². The minimum atomic E-state index is -1.37. The Labute approximate surface area is 152 Å². The molecule has 0 aliphatic heterocycles. The molecule has 2 unspecified atom stereocenters. The van der Waals surface area contributed by atoms with Crippen LogP contribution in [0, 0.1) is 21.7 Å². The molecule has 1 aliphatic rings. The van der Waals surface area contributed by atoms with Crippen molar-refractivity contribution in [3.8, 4) is 0 Å². The zero-order chi connectivity index (χ0) is 19.7. The number of nitrogens with two attached hydrogens (primary N) is 1. The zero-order valence-corrected chi connectivity index (χ0v) is 16.6. The molecule has 5 nitrogen and oxygen atoms in total. The largest absolute Gasteiger partial charge is 0.395 e. The van der Waals surface area contributed by atoms with Crippen LogP contribution in [0.2, 0.25) is 0 Å². The molecule has 146 valence electrons. The number of hydrogen-bond donors (Lipinski definition) is 5. The maximum absolute atomic E-state index is 10.9. The van der Waals surface area contributed by atoms with Crippen molar-refractivity contribution in [3.05, 3.63) is 23.3 Å². The summed E-state index contributed by atoms with van der Waals surface area (Å²) in [4.78, 5) is 0. The van der Waals surface area contributed by atoms with E-state index in [2.05, 4.69) is 47.6 Å². The maximum atomic E-state index is 10.9. The van der Waals surface area contributed by atoms with Crippen LogP contribution in [0.25, 0.3) is 0 Å². The van der Waals surface area contributed by atoms with Gasteiger partial charge in [0.1, 0.15) is 0 Å². The lowest BCUT2D eigenvalue weighted by Crippen LogP contribution is -2.48. The van der Waals surface area contributed by atoms with E-state index in [0.29, 0.717) is 18.5 Å². The Morgan fingerprint density at radius 2 is 1.52 bits per heavy atom. The van der Waals surface area contributed by atoms with E-state index in [1.54, 1.807) is 0 Å². The van der Waals surface area contributed by atoms with Crippen molar-refractivity contribution in [3.63, 3.8) is 0 Å². The monoisotopic (exact) mass is 355 g/mol. The van der Waals surface area contributed by atoms with E-state index < -0.39 is 31.3 Å². The predicted molar refractivity (Wildman–Crippen MR) is 101 cm³/mol. The van der Waals surface area contributed by atoms with E-state index in [9.17, 15) is 20.4 Å². The molecule has 1 rings (SSSR count). The van der Waals surface area contributed by atoms with Gasteiger partial charge < -0.3 is 26.2 Å². The molecule has 0 heterocycles. The molecule has 0 spiro atoms. The van der Waals surface area contributed by atoms with Crippen LogP contribution in [0.5, 0.6) is 0 Å². The van der Waals surface area contributed by atoms with Crippen LogP contribution in [0.1, 0.15) is 48.0 Å². The fraction of sp³-hybridized carbons (Fsp3) is 0.800. The molecule has 0 radical (unpaired) electrons. The molecule has 0 aromatic carbocycles. The number of aliphatic hydroxyl groups is 4. The van der Waals surface area contributed by atoms with Crippen LogP contribution < -0.4 is 5.73 Å². The highest BCUT2D eigenvalue weighted by Crippen LogP contribution is 2.51. The van der Waals surface area contributed by atoms with E-state index in [-0.39, 0.29) is 16.2 Å². The van der Waals surface area contributed by atoms with Gasteiger partial charge in [-0.3, -0.25) is 0 Å². The first-order chi connectivity index (χ1) is 11.3. The molecule has 6 N–H and O–H groups in total. The Kier molecular flexibility index (Phi) is 6.69. The highest BCUT2D eigenvalue weighted by molar-refractivity contribution is 5.41. The van der Waals surface area contributed by atoms with Crippen LogP contribution in [0.4, 0.5) is 0 Å². The Hall–Kier alpha value is -0.720. The summed E-state index contributed by atoms with van der Waals surface area (Å²) in [5.41, 5.74) is 5.97. The predicted octanol–water partition coefficient (Wildman–Crippen LogP) is 1.60. The van der Waals surface area contributed by atoms with Crippen molar-refractivity contribution < 1.29 is 20.4 Å². The van der Waals surface area contributed by atoms with Gasteiger partial charge in [-0.1, -0.05) is 59.3 Å². The number of allylic oxidation sites excluding steroid dienone is 1. The van der Waals surface area contributed by atoms with E-state index in [0.717, 1.165) is 5.57 Å². The Morgan fingerprint density at radius 1 is 1.04 bits per heavy atom. The maximum Gasteiger partial charge on any atom is 0.0912 e. The molecule has 0 saturated heterocycles. The van der Waals surface area contributed by atoms with Crippen molar-refractivity contribution in [2.75, 3.05) is 26.4 Å². The van der Waals surface area contributed by atoms with E-state index in [1.807, 2.05) is 6.08 Å². The van der Waals surface area contributed by atoms with Crippen molar-refractivity contribution in [1.29, 1.82) is 0 Å². The molecule has 5 heteroatoms. The lowest BCUT2D eigenvalue weighted by molar-refractivity contribution is -0.0678. The van der Waals surface area contributed by atoms with Crippen LogP contribution in [-0.2, 0) is 0 Å². The second-order valence-corrected chi connectivity index (χ2v) is 9.54. The van der Waals surface area contributed by atoms with E-state index in [1.165, 1.54) is 0 Å². The molecule has 0 saturated carbocycles. The van der Waals surface area contributed by atoms with Gasteiger partial charge in [0.15, 0.2) is 0 Å². The summed E-state index contributed by atoms with van der Waals surface area (Å²) in [5, 5.41) is 40.0. The molecule has 25 heavy (non-hydrogen) atoms. The Bertz CT molecular complexity index is 513. The summed E-state index contributed by atoms with van der Waals surface area (Å²) in [5.74, 6) is 0. The molecular weight excluding hydrogens is 318 g/mol. The molecule has 0 fully saturated rings. The van der Waals surface area contributed by atoms with Gasteiger partial charge in [0.2, 0.25) is 0 Å². The van der Waals surface area contributed by atoms with Crippen molar-refractivity contribution >= 4 is 0 Å². The quantitative estimate of drug-likeness (QED) is 0.497. The van der Waals surface area contributed by atoms with E-state index in [4.69, 9.17) is 5.73 Å². The lowest BCUT2D eigenvalue weighted by Gasteiger charge is -2.48. The third-order valence-electron chi connectivity index (χ3n) is 6.01. The third kappa shape index (κ3) is 4.01. The summed E-state index contributed by atoms with van der Waals surface area (Å²) < 4.78 is 0. The fourth-order valence-corrected chi connectivity index (χ4v) is 3.48. The number of hydrogen-bond acceptors (Lipinski definition) is 5. The lowest BCUT2D eigenvalue weighted by atomic mass is 9.57. The van der Waals surface area contributed by atoms with Gasteiger partial charge in [0, 0.05) is 12.0 Å². The smallest absolute Gasteiger partial charge is 0.0912 e. The average Bonchev–Trinajstić information content (AvgIpc) is 2.54. The average molecular weight is 356 g/mol. The Morgan fingerprint density at radius 3 is 1.84 bits per heavy atom. The first-order valence-corrected chi connectivity index (χ1v) is 8.97. The summed E-state index contributed by atoms with van der Waals surface area (Å²) in [6, 6.07) is 0. The molecule has 0 aromatic heterocycles. The van der Waals surface area contributed by atoms with Crippen molar-refractivity contribution in [1.82, 2.24) is 0 Å². The summed E-state index contributed by atoms with van der Waals surface area (Å²) >= 11 is 0. The van der Waals surface area contributed by atoms with Gasteiger partial charge >= 0.3 is 0 Å². The molecular formula is C20H37NO4. The highest BCUT2D eigenvalue weighted by atomic mass is 16.3. The minimum absolute atomic E-state index is 0.0622. The number of aliphatic hydroxyl groups excluding tert-OH is 4. The molecule has 0 bridgehead atoms. The van der Waals surface area contributed by atoms with Gasteiger partial charge in [-0.15, -0.1) is 0 Å². The number of rotatable bonds is 6. The SMILES string of the molecule is CC(C)(C)C1=C(C(O)C(CO)(CO)CO)C=CC(CN)(C(C)(C)C)C1. The van der Waals surface area contributed by atoms with Gasteiger partial charge in [0.25, 0.3) is 0 Å². The first kappa shape index (κ1) is 22.3. The molecule has 2 atom stereocenters. The van der Waals surface area contributed by atoms with Gasteiger partial charge in [-0.25, -0.2) is 0 Å². The normalized spacial score (nSPS) is 24.0. The van der Waals surface area contributed by atoms with Crippen LogP contribution in [-0.4, -0.2) is 52.9 Å². The highest BCUT2D eigenvalue weighted by Gasteiger charge is 2.46. The summed E-state index contributed by atoms with van der Waals surface area (Å²) in [6.07, 6.45) is 3.46. The summed E-state index contributed by atoms with van der Waals surface area (Å²) in [6.45, 7) is 11.7. The minimum Gasteiger partial charge on any atom is -0.395 e. The molecule has 0 amide bonds. The second-order valence-electron chi connectivity index (χ2n) is 9.54. The molecule has 0 aromatic rings. The van der Waals surface area contributed by atoms with Gasteiger partial charge in [-0.2, -0.15) is 0 Å². The fourth-order valence-electron chi connectivity index (χ4n) is 3.48. The van der Waals surface area contributed by atoms with Gasteiger partial charge in [-0.05, 0) is 22.8 Å². The van der Waals surface area contributed by atoms with Crippen molar-refractivity contribution in [2.24, 2.45) is 27.4 Å². The zero-order valence-electron chi connectivity index (χ0n) is 16.6. The molecule has 1 aliphatic carbocycles. The van der Waals surface area contributed by atoms with Crippen molar-refractivity contribution in [2.45, 2.75) is 54.1 Å². The van der Waals surface area contributed by atoms with Crippen LogP contribution in [0.3, 0.4) is 0 Å². The standard InChI is InChI=1S/C20H37NO4/c1-17(2,3)15-9-20(10-21,18(4,5)6)8-7-14(15)16(25)19(11-22,12-23)13-24/h7-8,16,22-25H,9-13,21H2,1-6H3. The van der Waals surface area contributed by atoms with E-state index >= 15 is 0 Å². The summed E-state index contributed by atoms with van der Waals surface area (Å²) in [7, 11) is 0. The van der Waals surface area contributed by atoms with Crippen LogP contribution in [0.15, 0.2) is 23.3 Å². The topological polar surface area (TPSA) is 107 Å². The Balaban J connectivity index is 3.52. The first-order valence-electron chi connectivity index (χ1n) is 8.97. The third-order valence-corrected chi connectivity index (χ3v) is 6.01.